The quantitative estimate of drug-likeness (QED) is 0.880. The highest BCUT2D eigenvalue weighted by Crippen LogP contribution is 2.15. The number of aryl methyl sites for hydroxylation is 2. The molecule has 4 nitrogen and oxygen atoms in total. The number of carbonyl (C=O) groups is 2. The molecule has 132 valence electrons. The largest absolute Gasteiger partial charge is 0.357 e. The predicted molar refractivity (Wildman–Crippen MR) is 100 cm³/mol. The molecule has 2 aromatic rings. The number of hydrogen-bond acceptors (Lipinski definition) is 2. The van der Waals surface area contributed by atoms with Gasteiger partial charge in [-0.3, -0.25) is 9.59 Å². The number of rotatable bonds is 6. The van der Waals surface area contributed by atoms with Crippen molar-refractivity contribution in [2.45, 2.75) is 39.8 Å². The van der Waals surface area contributed by atoms with Crippen LogP contribution in [0, 0.1) is 13.8 Å². The Hall–Kier alpha value is -2.62. The first-order valence-corrected chi connectivity index (χ1v) is 8.53. The van der Waals surface area contributed by atoms with E-state index in [0.717, 1.165) is 22.3 Å². The molecule has 2 amide bonds. The summed E-state index contributed by atoms with van der Waals surface area (Å²) in [6.07, 6.45) is 0.287. The van der Waals surface area contributed by atoms with Crippen LogP contribution in [-0.2, 0) is 22.6 Å². The summed E-state index contributed by atoms with van der Waals surface area (Å²) in [6, 6.07) is 15.3. The summed E-state index contributed by atoms with van der Waals surface area (Å²) in [6.45, 7) is 6.21. The lowest BCUT2D eigenvalue weighted by molar-refractivity contribution is -0.139. The highest BCUT2D eigenvalue weighted by Gasteiger charge is 2.25. The van der Waals surface area contributed by atoms with Gasteiger partial charge in [-0.25, -0.2) is 0 Å². The van der Waals surface area contributed by atoms with Gasteiger partial charge in [0.2, 0.25) is 11.8 Å². The zero-order valence-electron chi connectivity index (χ0n) is 15.4. The lowest BCUT2D eigenvalue weighted by atomic mass is 10.0. The zero-order valence-corrected chi connectivity index (χ0v) is 15.4. The molecule has 0 heterocycles. The summed E-state index contributed by atoms with van der Waals surface area (Å²) < 4.78 is 0. The first-order chi connectivity index (χ1) is 11.9. The minimum absolute atomic E-state index is 0.0510. The van der Waals surface area contributed by atoms with E-state index in [1.54, 1.807) is 18.9 Å². The first kappa shape index (κ1) is 18.7. The molecule has 0 spiro atoms. The summed E-state index contributed by atoms with van der Waals surface area (Å²) in [7, 11) is 1.59. The smallest absolute Gasteiger partial charge is 0.242 e. The SMILES string of the molecule is CNC(=O)[C@H](C)N(Cc1ccccc1C)C(=O)Cc1cccc(C)c1. The fraction of sp³-hybridized carbons (Fsp3) is 0.333. The molecule has 0 saturated carbocycles. The maximum Gasteiger partial charge on any atom is 0.242 e. The van der Waals surface area contributed by atoms with Crippen molar-refractivity contribution in [1.29, 1.82) is 0 Å². The zero-order chi connectivity index (χ0) is 18.4. The third kappa shape index (κ3) is 4.92. The topological polar surface area (TPSA) is 49.4 Å². The highest BCUT2D eigenvalue weighted by atomic mass is 16.2. The molecular weight excluding hydrogens is 312 g/mol. The molecule has 0 fully saturated rings. The van der Waals surface area contributed by atoms with Gasteiger partial charge in [-0.05, 0) is 37.5 Å². The van der Waals surface area contributed by atoms with Crippen LogP contribution in [0.3, 0.4) is 0 Å². The Morgan fingerprint density at radius 2 is 1.80 bits per heavy atom. The van der Waals surface area contributed by atoms with E-state index in [1.165, 1.54) is 0 Å². The molecule has 0 aliphatic carbocycles. The van der Waals surface area contributed by atoms with Crippen molar-refractivity contribution >= 4 is 11.8 Å². The molecule has 2 rings (SSSR count). The van der Waals surface area contributed by atoms with E-state index >= 15 is 0 Å². The van der Waals surface area contributed by atoms with E-state index in [9.17, 15) is 9.59 Å². The van der Waals surface area contributed by atoms with Gasteiger partial charge in [-0.15, -0.1) is 0 Å². The van der Waals surface area contributed by atoms with E-state index in [0.29, 0.717) is 6.54 Å². The molecule has 0 aliphatic heterocycles. The number of likely N-dealkylation sites (N-methyl/N-ethyl adjacent to an activating group) is 1. The summed E-state index contributed by atoms with van der Waals surface area (Å²) >= 11 is 0. The van der Waals surface area contributed by atoms with Gasteiger partial charge in [0.05, 0.1) is 6.42 Å². The van der Waals surface area contributed by atoms with Crippen LogP contribution in [0.4, 0.5) is 0 Å². The minimum Gasteiger partial charge on any atom is -0.357 e. The molecule has 0 unspecified atom stereocenters. The van der Waals surface area contributed by atoms with Crippen LogP contribution in [0.15, 0.2) is 48.5 Å². The van der Waals surface area contributed by atoms with E-state index in [4.69, 9.17) is 0 Å². The van der Waals surface area contributed by atoms with E-state index in [-0.39, 0.29) is 18.2 Å². The molecule has 1 atom stereocenters. The van der Waals surface area contributed by atoms with E-state index in [1.807, 2.05) is 62.4 Å². The van der Waals surface area contributed by atoms with Crippen LogP contribution in [0.1, 0.15) is 29.2 Å². The maximum atomic E-state index is 12.9. The highest BCUT2D eigenvalue weighted by molar-refractivity contribution is 5.88. The minimum atomic E-state index is -0.526. The summed E-state index contributed by atoms with van der Waals surface area (Å²) in [5, 5.41) is 2.64. The summed E-state index contributed by atoms with van der Waals surface area (Å²) in [5.74, 6) is -0.212. The van der Waals surface area contributed by atoms with E-state index in [2.05, 4.69) is 5.32 Å². The average molecular weight is 338 g/mol. The van der Waals surface area contributed by atoms with Crippen molar-refractivity contribution in [3.63, 3.8) is 0 Å². The summed E-state index contributed by atoms with van der Waals surface area (Å²) in [4.78, 5) is 26.7. The number of nitrogens with zero attached hydrogens (tertiary/aromatic N) is 1. The lowest BCUT2D eigenvalue weighted by Gasteiger charge is -2.29. The van der Waals surface area contributed by atoms with Crippen LogP contribution >= 0.6 is 0 Å². The van der Waals surface area contributed by atoms with Crippen molar-refractivity contribution in [2.75, 3.05) is 7.05 Å². The Morgan fingerprint density at radius 1 is 1.08 bits per heavy atom. The fourth-order valence-electron chi connectivity index (χ4n) is 2.86. The van der Waals surface area contributed by atoms with Crippen molar-refractivity contribution in [2.24, 2.45) is 0 Å². The predicted octanol–water partition coefficient (Wildman–Crippen LogP) is 3.01. The number of nitrogens with one attached hydrogen (secondary N) is 1. The Morgan fingerprint density at radius 3 is 2.44 bits per heavy atom. The molecule has 0 saturated heterocycles. The number of benzene rings is 2. The van der Waals surface area contributed by atoms with Gasteiger partial charge in [0.25, 0.3) is 0 Å². The second-order valence-corrected chi connectivity index (χ2v) is 6.40. The molecule has 0 bridgehead atoms. The second kappa shape index (κ2) is 8.47. The Kier molecular flexibility index (Phi) is 6.34. The molecule has 0 radical (unpaired) electrons. The Bertz CT molecular complexity index is 755. The molecule has 2 aromatic carbocycles. The first-order valence-electron chi connectivity index (χ1n) is 8.53. The van der Waals surface area contributed by atoms with Crippen LogP contribution in [-0.4, -0.2) is 29.8 Å². The molecule has 0 aliphatic rings. The normalized spacial score (nSPS) is 11.7. The fourth-order valence-corrected chi connectivity index (χ4v) is 2.86. The molecule has 25 heavy (non-hydrogen) atoms. The van der Waals surface area contributed by atoms with Crippen LogP contribution in [0.5, 0.6) is 0 Å². The van der Waals surface area contributed by atoms with Crippen molar-refractivity contribution < 1.29 is 9.59 Å². The van der Waals surface area contributed by atoms with Gasteiger partial charge in [-0.1, -0.05) is 54.1 Å². The van der Waals surface area contributed by atoms with Crippen molar-refractivity contribution in [3.8, 4) is 0 Å². The van der Waals surface area contributed by atoms with Crippen LogP contribution in [0.25, 0.3) is 0 Å². The number of carbonyl (C=O) groups excluding carboxylic acids is 2. The Labute approximate surface area is 149 Å². The van der Waals surface area contributed by atoms with Gasteiger partial charge in [-0.2, -0.15) is 0 Å². The third-order valence-corrected chi connectivity index (χ3v) is 4.45. The summed E-state index contributed by atoms with van der Waals surface area (Å²) in [5.41, 5.74) is 4.25. The second-order valence-electron chi connectivity index (χ2n) is 6.40. The molecule has 1 N–H and O–H groups in total. The van der Waals surface area contributed by atoms with Crippen molar-refractivity contribution in [3.05, 3.63) is 70.8 Å². The number of amides is 2. The van der Waals surface area contributed by atoms with Crippen LogP contribution in [0.2, 0.25) is 0 Å². The van der Waals surface area contributed by atoms with Gasteiger partial charge < -0.3 is 10.2 Å². The molecule has 0 aromatic heterocycles. The van der Waals surface area contributed by atoms with Crippen LogP contribution < -0.4 is 5.32 Å². The Balaban J connectivity index is 2.25. The lowest BCUT2D eigenvalue weighted by Crippen LogP contribution is -2.47. The van der Waals surface area contributed by atoms with Gasteiger partial charge in [0, 0.05) is 13.6 Å². The van der Waals surface area contributed by atoms with Gasteiger partial charge in [0.15, 0.2) is 0 Å². The van der Waals surface area contributed by atoms with E-state index < -0.39 is 6.04 Å². The van der Waals surface area contributed by atoms with Gasteiger partial charge >= 0.3 is 0 Å². The monoisotopic (exact) mass is 338 g/mol. The van der Waals surface area contributed by atoms with Gasteiger partial charge in [0.1, 0.15) is 6.04 Å². The third-order valence-electron chi connectivity index (χ3n) is 4.45. The molecule has 4 heteroatoms. The standard InChI is InChI=1S/C21H26N2O2/c1-15-8-7-10-18(12-15)13-20(24)23(17(3)21(25)22-4)14-19-11-6-5-9-16(19)2/h5-12,17H,13-14H2,1-4H3,(H,22,25)/t17-/m0/s1. The number of hydrogen-bond donors (Lipinski definition) is 1. The molecular formula is C21H26N2O2. The average Bonchev–Trinajstić information content (AvgIpc) is 2.59. The maximum absolute atomic E-state index is 12.9. The van der Waals surface area contributed by atoms with Crippen molar-refractivity contribution in [1.82, 2.24) is 10.2 Å².